The number of urea groups is 1. The molecule has 1 heterocycles. The van der Waals surface area contributed by atoms with E-state index in [1.807, 2.05) is 31.4 Å². The van der Waals surface area contributed by atoms with E-state index in [0.717, 1.165) is 4.88 Å². The van der Waals surface area contributed by atoms with Gasteiger partial charge in [-0.25, -0.2) is 4.79 Å². The van der Waals surface area contributed by atoms with Crippen LogP contribution in [0.15, 0.2) is 17.5 Å². The van der Waals surface area contributed by atoms with Crippen LogP contribution >= 0.6 is 22.9 Å². The summed E-state index contributed by atoms with van der Waals surface area (Å²) in [6, 6.07) is 3.50. The molecule has 0 aliphatic rings. The van der Waals surface area contributed by atoms with Gasteiger partial charge in [-0.3, -0.25) is 10.1 Å². The number of nitrogens with one attached hydrogen (secondary N) is 1. The van der Waals surface area contributed by atoms with Crippen molar-refractivity contribution < 1.29 is 9.59 Å². The van der Waals surface area contributed by atoms with Gasteiger partial charge < -0.3 is 4.90 Å². The average molecular weight is 275 g/mol. The molecular weight excluding hydrogens is 260 g/mol. The molecule has 0 aliphatic heterocycles. The van der Waals surface area contributed by atoms with Gasteiger partial charge in [0.25, 0.3) is 0 Å². The van der Waals surface area contributed by atoms with Crippen molar-refractivity contribution in [1.82, 2.24) is 10.2 Å². The van der Waals surface area contributed by atoms with Gasteiger partial charge in [0.2, 0.25) is 5.91 Å². The largest absolute Gasteiger partial charge is 0.324 e. The van der Waals surface area contributed by atoms with Crippen molar-refractivity contribution >= 4 is 34.9 Å². The maximum Gasteiger partial charge on any atom is 0.324 e. The molecule has 1 N–H and O–H groups in total. The zero-order valence-corrected chi connectivity index (χ0v) is 11.3. The van der Waals surface area contributed by atoms with Gasteiger partial charge in [0, 0.05) is 10.9 Å². The molecule has 94 valence electrons. The number of hydrogen-bond donors (Lipinski definition) is 1. The number of hydrogen-bond acceptors (Lipinski definition) is 3. The minimum Gasteiger partial charge on any atom is -0.317 e. The van der Waals surface area contributed by atoms with Gasteiger partial charge in [0.15, 0.2) is 0 Å². The summed E-state index contributed by atoms with van der Waals surface area (Å²) in [7, 11) is 0. The second-order valence-corrected chi connectivity index (χ2v) is 5.09. The molecule has 4 nitrogen and oxygen atoms in total. The van der Waals surface area contributed by atoms with Crippen molar-refractivity contribution in [2.24, 2.45) is 0 Å². The molecule has 0 radical (unpaired) electrons. The number of alkyl halides is 1. The summed E-state index contributed by atoms with van der Waals surface area (Å²) in [5.41, 5.74) is 0. The fourth-order valence-corrected chi connectivity index (χ4v) is 2.05. The fourth-order valence-electron chi connectivity index (χ4n) is 1.28. The summed E-state index contributed by atoms with van der Waals surface area (Å²) in [5, 5.41) is 4.20. The molecule has 1 rings (SSSR count). The quantitative estimate of drug-likeness (QED) is 0.858. The van der Waals surface area contributed by atoms with Crippen molar-refractivity contribution in [3.05, 3.63) is 22.4 Å². The summed E-state index contributed by atoms with van der Waals surface area (Å²) in [6.07, 6.45) is 0. The first kappa shape index (κ1) is 14.0. The van der Waals surface area contributed by atoms with Crippen LogP contribution in [0, 0.1) is 0 Å². The Morgan fingerprint density at radius 3 is 2.71 bits per heavy atom. The number of amides is 3. The number of thiophene rings is 1. The Hall–Kier alpha value is -1.07. The highest BCUT2D eigenvalue weighted by Gasteiger charge is 2.19. The molecule has 0 fully saturated rings. The Morgan fingerprint density at radius 1 is 1.53 bits per heavy atom. The maximum absolute atomic E-state index is 11.8. The molecule has 0 saturated carbocycles. The molecule has 1 aromatic heterocycles. The summed E-state index contributed by atoms with van der Waals surface area (Å²) >= 11 is 6.92. The van der Waals surface area contributed by atoms with Crippen LogP contribution in [0.2, 0.25) is 0 Å². The SMILES string of the molecule is CC(C)N(Cc1cccs1)C(=O)NC(=O)CCl. The monoisotopic (exact) mass is 274 g/mol. The Morgan fingerprint density at radius 2 is 2.24 bits per heavy atom. The van der Waals surface area contributed by atoms with Crippen molar-refractivity contribution in [2.45, 2.75) is 26.4 Å². The fraction of sp³-hybridized carbons (Fsp3) is 0.455. The molecular formula is C11H15ClN2O2S. The molecule has 1 aromatic rings. The Kier molecular flexibility index (Phi) is 5.44. The summed E-state index contributed by atoms with van der Waals surface area (Å²) in [6.45, 7) is 4.30. The molecule has 0 bridgehead atoms. The second kappa shape index (κ2) is 6.61. The van der Waals surface area contributed by atoms with E-state index >= 15 is 0 Å². The Labute approximate surface area is 110 Å². The van der Waals surface area contributed by atoms with Gasteiger partial charge >= 0.3 is 6.03 Å². The van der Waals surface area contributed by atoms with E-state index in [-0.39, 0.29) is 11.9 Å². The first-order chi connectivity index (χ1) is 8.04. The van der Waals surface area contributed by atoms with Crippen molar-refractivity contribution in [1.29, 1.82) is 0 Å². The van der Waals surface area contributed by atoms with E-state index in [1.54, 1.807) is 16.2 Å². The van der Waals surface area contributed by atoms with Crippen LogP contribution in [0.3, 0.4) is 0 Å². The predicted octanol–water partition coefficient (Wildman–Crippen LogP) is 2.43. The minimum atomic E-state index is -0.478. The van der Waals surface area contributed by atoms with E-state index in [4.69, 9.17) is 11.6 Å². The van der Waals surface area contributed by atoms with Crippen LogP contribution in [0.5, 0.6) is 0 Å². The third-order valence-corrected chi connectivity index (χ3v) is 3.26. The van der Waals surface area contributed by atoms with Crippen LogP contribution in [0.25, 0.3) is 0 Å². The van der Waals surface area contributed by atoms with E-state index in [9.17, 15) is 9.59 Å². The highest BCUT2D eigenvalue weighted by Crippen LogP contribution is 2.13. The number of rotatable bonds is 4. The van der Waals surface area contributed by atoms with Crippen LogP contribution in [0.4, 0.5) is 4.79 Å². The first-order valence-corrected chi connectivity index (χ1v) is 6.64. The van der Waals surface area contributed by atoms with E-state index in [1.165, 1.54) is 0 Å². The molecule has 0 aliphatic carbocycles. The predicted molar refractivity (Wildman–Crippen MR) is 69.3 cm³/mol. The van der Waals surface area contributed by atoms with Gasteiger partial charge in [-0.2, -0.15) is 0 Å². The van der Waals surface area contributed by atoms with E-state index in [2.05, 4.69) is 5.32 Å². The highest BCUT2D eigenvalue weighted by molar-refractivity contribution is 7.09. The van der Waals surface area contributed by atoms with Gasteiger partial charge in [0.1, 0.15) is 5.88 Å². The van der Waals surface area contributed by atoms with Crippen LogP contribution < -0.4 is 5.32 Å². The van der Waals surface area contributed by atoms with Gasteiger partial charge in [-0.05, 0) is 25.3 Å². The lowest BCUT2D eigenvalue weighted by molar-refractivity contribution is -0.117. The lowest BCUT2D eigenvalue weighted by Gasteiger charge is -2.25. The number of imide groups is 1. The van der Waals surface area contributed by atoms with Gasteiger partial charge in [-0.1, -0.05) is 6.07 Å². The summed E-state index contributed by atoms with van der Waals surface area (Å²) < 4.78 is 0. The second-order valence-electron chi connectivity index (χ2n) is 3.79. The first-order valence-electron chi connectivity index (χ1n) is 5.23. The number of halogens is 1. The average Bonchev–Trinajstić information content (AvgIpc) is 2.77. The lowest BCUT2D eigenvalue weighted by Crippen LogP contribution is -2.46. The third kappa shape index (κ3) is 4.36. The maximum atomic E-state index is 11.8. The normalized spacial score (nSPS) is 10.4. The molecule has 0 spiro atoms. The summed E-state index contributed by atoms with van der Waals surface area (Å²) in [4.78, 5) is 25.6. The lowest BCUT2D eigenvalue weighted by atomic mass is 10.3. The molecule has 17 heavy (non-hydrogen) atoms. The number of carbonyl (C=O) groups is 2. The molecule has 0 atom stereocenters. The minimum absolute atomic E-state index is 0.0141. The van der Waals surface area contributed by atoms with Gasteiger partial charge in [0.05, 0.1) is 6.54 Å². The van der Waals surface area contributed by atoms with E-state index < -0.39 is 11.9 Å². The van der Waals surface area contributed by atoms with Crippen LogP contribution in [0.1, 0.15) is 18.7 Å². The van der Waals surface area contributed by atoms with Crippen LogP contribution in [-0.4, -0.2) is 28.8 Å². The molecule has 6 heteroatoms. The Balaban J connectivity index is 2.65. The third-order valence-electron chi connectivity index (χ3n) is 2.16. The number of nitrogens with zero attached hydrogens (tertiary/aromatic N) is 1. The smallest absolute Gasteiger partial charge is 0.317 e. The van der Waals surface area contributed by atoms with E-state index in [0.29, 0.717) is 6.54 Å². The topological polar surface area (TPSA) is 49.4 Å². The summed E-state index contributed by atoms with van der Waals surface area (Å²) in [5.74, 6) is -0.690. The molecule has 0 saturated heterocycles. The van der Waals surface area contributed by atoms with Gasteiger partial charge in [-0.15, -0.1) is 22.9 Å². The van der Waals surface area contributed by atoms with Crippen molar-refractivity contribution in [3.63, 3.8) is 0 Å². The van der Waals surface area contributed by atoms with Crippen LogP contribution in [-0.2, 0) is 11.3 Å². The zero-order valence-electron chi connectivity index (χ0n) is 9.77. The highest BCUT2D eigenvalue weighted by atomic mass is 35.5. The zero-order chi connectivity index (χ0) is 12.8. The molecule has 3 amide bonds. The number of carbonyl (C=O) groups excluding carboxylic acids is 2. The standard InChI is InChI=1S/C11H15ClN2O2S/c1-8(2)14(7-9-4-3-5-17-9)11(16)13-10(15)6-12/h3-5,8H,6-7H2,1-2H3,(H,13,15,16). The Bertz CT molecular complexity index is 379. The molecule has 0 unspecified atom stereocenters. The molecule has 0 aromatic carbocycles. The van der Waals surface area contributed by atoms with Crippen molar-refractivity contribution in [2.75, 3.05) is 5.88 Å². The van der Waals surface area contributed by atoms with Crippen molar-refractivity contribution in [3.8, 4) is 0 Å².